The van der Waals surface area contributed by atoms with E-state index in [1.54, 1.807) is 0 Å². The maximum atomic E-state index is 5.77. The lowest BCUT2D eigenvalue weighted by molar-refractivity contribution is 1.04. The van der Waals surface area contributed by atoms with Crippen molar-refractivity contribution in [3.8, 4) is 0 Å². The molecule has 0 fully saturated rings. The number of H-pyrrole nitrogens is 1. The third-order valence-electron chi connectivity index (χ3n) is 2.17. The van der Waals surface area contributed by atoms with Gasteiger partial charge in [-0.1, -0.05) is 13.8 Å². The number of anilines is 1. The molecule has 3 N–H and O–H groups in total. The SMILES string of the molecule is CCc1c(C)[nH]c(N)c1CC. The number of aromatic amines is 1. The molecule has 0 atom stereocenters. The molecule has 0 unspecified atom stereocenters. The van der Waals surface area contributed by atoms with Gasteiger partial charge in [-0.15, -0.1) is 0 Å². The minimum atomic E-state index is 0.849. The molecule has 0 aromatic carbocycles. The number of hydrogen-bond acceptors (Lipinski definition) is 1. The summed E-state index contributed by atoms with van der Waals surface area (Å²) in [5, 5.41) is 0. The van der Waals surface area contributed by atoms with Gasteiger partial charge >= 0.3 is 0 Å². The van der Waals surface area contributed by atoms with Crippen molar-refractivity contribution in [2.24, 2.45) is 0 Å². The summed E-state index contributed by atoms with van der Waals surface area (Å²) >= 11 is 0. The van der Waals surface area contributed by atoms with Crippen molar-refractivity contribution in [2.45, 2.75) is 33.6 Å². The van der Waals surface area contributed by atoms with Crippen LogP contribution in [0.25, 0.3) is 0 Å². The molecule has 0 aliphatic rings. The fraction of sp³-hybridized carbons (Fsp3) is 0.556. The number of aryl methyl sites for hydroxylation is 1. The molecule has 0 spiro atoms. The van der Waals surface area contributed by atoms with Crippen LogP contribution in [0.1, 0.15) is 30.7 Å². The molecule has 0 aliphatic carbocycles. The molecule has 1 rings (SSSR count). The number of rotatable bonds is 2. The quantitative estimate of drug-likeness (QED) is 0.669. The molecule has 0 bridgehead atoms. The van der Waals surface area contributed by atoms with Crippen molar-refractivity contribution in [1.82, 2.24) is 4.98 Å². The van der Waals surface area contributed by atoms with Gasteiger partial charge in [0.1, 0.15) is 5.82 Å². The van der Waals surface area contributed by atoms with Crippen LogP contribution < -0.4 is 5.73 Å². The van der Waals surface area contributed by atoms with Gasteiger partial charge in [0.2, 0.25) is 0 Å². The van der Waals surface area contributed by atoms with Crippen LogP contribution in [0, 0.1) is 6.92 Å². The molecule has 0 radical (unpaired) electrons. The van der Waals surface area contributed by atoms with E-state index in [-0.39, 0.29) is 0 Å². The zero-order valence-electron chi connectivity index (χ0n) is 7.49. The average Bonchev–Trinajstić information content (AvgIpc) is 2.24. The molecular weight excluding hydrogens is 136 g/mol. The molecule has 1 aromatic rings. The minimum absolute atomic E-state index is 0.849. The molecule has 0 saturated heterocycles. The summed E-state index contributed by atoms with van der Waals surface area (Å²) in [6.45, 7) is 6.38. The summed E-state index contributed by atoms with van der Waals surface area (Å²) in [7, 11) is 0. The standard InChI is InChI=1S/C9H16N2/c1-4-7-6(3)11-9(10)8(7)5-2/h11H,4-5,10H2,1-3H3. The van der Waals surface area contributed by atoms with Crippen LogP contribution in [0.15, 0.2) is 0 Å². The summed E-state index contributed by atoms with van der Waals surface area (Å²) < 4.78 is 0. The lowest BCUT2D eigenvalue weighted by atomic mass is 10.1. The van der Waals surface area contributed by atoms with Crippen molar-refractivity contribution in [3.63, 3.8) is 0 Å². The Bertz CT molecular complexity index is 224. The third-order valence-corrected chi connectivity index (χ3v) is 2.17. The van der Waals surface area contributed by atoms with E-state index in [1.807, 2.05) is 0 Å². The number of hydrogen-bond donors (Lipinski definition) is 2. The van der Waals surface area contributed by atoms with Crippen molar-refractivity contribution in [2.75, 3.05) is 5.73 Å². The Labute approximate surface area is 67.8 Å². The molecule has 1 aromatic heterocycles. The van der Waals surface area contributed by atoms with Crippen LogP contribution in [0.2, 0.25) is 0 Å². The second-order valence-electron chi connectivity index (χ2n) is 2.83. The van der Waals surface area contributed by atoms with Gasteiger partial charge < -0.3 is 10.7 Å². The van der Waals surface area contributed by atoms with Gasteiger partial charge in [0.15, 0.2) is 0 Å². The highest BCUT2D eigenvalue weighted by Gasteiger charge is 2.08. The molecule has 0 aliphatic heterocycles. The van der Waals surface area contributed by atoms with Crippen LogP contribution in [-0.4, -0.2) is 4.98 Å². The molecule has 1 heterocycles. The maximum Gasteiger partial charge on any atom is 0.104 e. The predicted molar refractivity (Wildman–Crippen MR) is 48.7 cm³/mol. The third kappa shape index (κ3) is 1.25. The summed E-state index contributed by atoms with van der Waals surface area (Å²) in [6, 6.07) is 0. The molecule has 62 valence electrons. The molecule has 0 amide bonds. The molecule has 0 saturated carbocycles. The Morgan fingerprint density at radius 3 is 2.09 bits per heavy atom. The molecular formula is C9H16N2. The number of nitrogen functional groups attached to an aromatic ring is 1. The van der Waals surface area contributed by atoms with Gasteiger partial charge in [-0.25, -0.2) is 0 Å². The first-order valence-corrected chi connectivity index (χ1v) is 4.16. The molecule has 2 heteroatoms. The van der Waals surface area contributed by atoms with E-state index in [2.05, 4.69) is 25.8 Å². The first-order chi connectivity index (χ1) is 5.20. The highest BCUT2D eigenvalue weighted by Crippen LogP contribution is 2.21. The Kier molecular flexibility index (Phi) is 2.22. The van der Waals surface area contributed by atoms with Crippen molar-refractivity contribution < 1.29 is 0 Å². The van der Waals surface area contributed by atoms with Gasteiger partial charge in [-0.05, 0) is 30.9 Å². The monoisotopic (exact) mass is 152 g/mol. The summed E-state index contributed by atoms with van der Waals surface area (Å²) in [4.78, 5) is 3.16. The zero-order chi connectivity index (χ0) is 8.43. The summed E-state index contributed by atoms with van der Waals surface area (Å²) in [6.07, 6.45) is 2.10. The summed E-state index contributed by atoms with van der Waals surface area (Å²) in [5.41, 5.74) is 9.69. The van der Waals surface area contributed by atoms with Crippen molar-refractivity contribution in [3.05, 3.63) is 16.8 Å². The van der Waals surface area contributed by atoms with Crippen LogP contribution in [-0.2, 0) is 12.8 Å². The second-order valence-corrected chi connectivity index (χ2v) is 2.83. The average molecular weight is 152 g/mol. The van der Waals surface area contributed by atoms with E-state index in [0.717, 1.165) is 18.7 Å². The Morgan fingerprint density at radius 1 is 1.18 bits per heavy atom. The molecule has 11 heavy (non-hydrogen) atoms. The fourth-order valence-corrected chi connectivity index (χ4v) is 1.62. The van der Waals surface area contributed by atoms with Gasteiger partial charge in [0.05, 0.1) is 0 Å². The molecule has 2 nitrogen and oxygen atoms in total. The second kappa shape index (κ2) is 2.99. The summed E-state index contributed by atoms with van der Waals surface area (Å²) in [5.74, 6) is 0.849. The van der Waals surface area contributed by atoms with E-state index in [0.29, 0.717) is 0 Å². The van der Waals surface area contributed by atoms with Crippen LogP contribution >= 0.6 is 0 Å². The van der Waals surface area contributed by atoms with E-state index in [9.17, 15) is 0 Å². The zero-order valence-corrected chi connectivity index (χ0v) is 7.49. The largest absolute Gasteiger partial charge is 0.385 e. The fourth-order valence-electron chi connectivity index (χ4n) is 1.62. The topological polar surface area (TPSA) is 41.8 Å². The van der Waals surface area contributed by atoms with Crippen molar-refractivity contribution >= 4 is 5.82 Å². The normalized spacial score (nSPS) is 10.5. The van der Waals surface area contributed by atoms with Gasteiger partial charge in [-0.2, -0.15) is 0 Å². The maximum absolute atomic E-state index is 5.77. The first kappa shape index (κ1) is 8.18. The number of nitrogens with one attached hydrogen (secondary N) is 1. The van der Waals surface area contributed by atoms with Gasteiger partial charge in [-0.3, -0.25) is 0 Å². The smallest absolute Gasteiger partial charge is 0.104 e. The first-order valence-electron chi connectivity index (χ1n) is 4.16. The van der Waals surface area contributed by atoms with E-state index in [4.69, 9.17) is 5.73 Å². The van der Waals surface area contributed by atoms with Gasteiger partial charge in [0, 0.05) is 5.69 Å². The predicted octanol–water partition coefficient (Wildman–Crippen LogP) is 2.03. The number of nitrogens with two attached hydrogens (primary N) is 1. The Morgan fingerprint density at radius 2 is 1.73 bits per heavy atom. The van der Waals surface area contributed by atoms with Crippen LogP contribution in [0.4, 0.5) is 5.82 Å². The Balaban J connectivity index is 3.17. The van der Waals surface area contributed by atoms with E-state index in [1.165, 1.54) is 16.8 Å². The minimum Gasteiger partial charge on any atom is -0.385 e. The van der Waals surface area contributed by atoms with Crippen molar-refractivity contribution in [1.29, 1.82) is 0 Å². The lowest BCUT2D eigenvalue weighted by Gasteiger charge is -1.98. The lowest BCUT2D eigenvalue weighted by Crippen LogP contribution is -1.91. The highest BCUT2D eigenvalue weighted by molar-refractivity contribution is 5.49. The highest BCUT2D eigenvalue weighted by atomic mass is 14.9. The Hall–Kier alpha value is -0.920. The van der Waals surface area contributed by atoms with E-state index >= 15 is 0 Å². The van der Waals surface area contributed by atoms with Crippen LogP contribution in [0.3, 0.4) is 0 Å². The van der Waals surface area contributed by atoms with Crippen LogP contribution in [0.5, 0.6) is 0 Å². The van der Waals surface area contributed by atoms with E-state index < -0.39 is 0 Å². The van der Waals surface area contributed by atoms with Gasteiger partial charge in [0.25, 0.3) is 0 Å². The number of aromatic nitrogens is 1.